The zero-order chi connectivity index (χ0) is 43.2. The summed E-state index contributed by atoms with van der Waals surface area (Å²) in [7, 11) is -2.22. The second-order valence-electron chi connectivity index (χ2n) is 15.1. The molecule has 10 aromatic carbocycles. The molecule has 0 spiro atoms. The molecule has 4 nitrogen and oxygen atoms in total. The van der Waals surface area contributed by atoms with E-state index >= 15 is 0 Å². The molecular weight excluding hydrogens is 823 g/mol. The highest BCUT2D eigenvalue weighted by Crippen LogP contribution is 2.46. The monoisotopic (exact) mass is 862 g/mol. The molecule has 0 bridgehead atoms. The summed E-state index contributed by atoms with van der Waals surface area (Å²) in [5.41, 5.74) is 2.27. The van der Waals surface area contributed by atoms with E-state index in [-0.39, 0.29) is 0 Å². The van der Waals surface area contributed by atoms with Crippen LogP contribution in [-0.2, 0) is 0 Å². The molecule has 10 aromatic rings. The molecular formula is C58H40O4P2. The van der Waals surface area contributed by atoms with E-state index < -0.39 is 27.8 Å². The summed E-state index contributed by atoms with van der Waals surface area (Å²) in [5, 5.41) is 9.88. The van der Waals surface area contributed by atoms with E-state index in [4.69, 9.17) is 9.47 Å². The van der Waals surface area contributed by atoms with Gasteiger partial charge in [0.1, 0.15) is 11.5 Å². The van der Waals surface area contributed by atoms with Gasteiger partial charge >= 0.3 is 11.9 Å². The van der Waals surface area contributed by atoms with Gasteiger partial charge in [-0.15, -0.1) is 0 Å². The maximum Gasteiger partial charge on any atom is 0.344 e. The van der Waals surface area contributed by atoms with E-state index in [9.17, 15) is 9.59 Å². The average Bonchev–Trinajstić information content (AvgIpc) is 3.36. The van der Waals surface area contributed by atoms with Crippen LogP contribution in [0.5, 0.6) is 11.5 Å². The highest BCUT2D eigenvalue weighted by atomic mass is 31.1. The Morgan fingerprint density at radius 1 is 0.297 bits per heavy atom. The van der Waals surface area contributed by atoms with Gasteiger partial charge in [0.2, 0.25) is 0 Å². The van der Waals surface area contributed by atoms with Crippen LogP contribution in [0, 0.1) is 0 Å². The highest BCUT2D eigenvalue weighted by molar-refractivity contribution is 7.80. The van der Waals surface area contributed by atoms with Crippen molar-refractivity contribution >= 4 is 81.2 Å². The molecule has 64 heavy (non-hydrogen) atoms. The van der Waals surface area contributed by atoms with Crippen molar-refractivity contribution in [3.63, 3.8) is 0 Å². The van der Waals surface area contributed by atoms with Gasteiger partial charge in [0, 0.05) is 11.1 Å². The van der Waals surface area contributed by atoms with Gasteiger partial charge in [-0.1, -0.05) is 218 Å². The summed E-state index contributed by atoms with van der Waals surface area (Å²) in [6.07, 6.45) is 0. The van der Waals surface area contributed by atoms with Gasteiger partial charge in [-0.3, -0.25) is 0 Å². The maximum atomic E-state index is 14.9. The van der Waals surface area contributed by atoms with Crippen molar-refractivity contribution in [3.05, 3.63) is 254 Å². The zero-order valence-corrected chi connectivity index (χ0v) is 36.4. The van der Waals surface area contributed by atoms with Crippen molar-refractivity contribution in [3.8, 4) is 22.6 Å². The van der Waals surface area contributed by atoms with E-state index in [0.29, 0.717) is 33.8 Å². The third-order valence-corrected chi connectivity index (χ3v) is 16.2. The van der Waals surface area contributed by atoms with E-state index in [1.807, 2.05) is 194 Å². The molecule has 0 radical (unpaired) electrons. The molecule has 0 aliphatic heterocycles. The molecule has 0 aliphatic rings. The van der Waals surface area contributed by atoms with Crippen LogP contribution in [0.25, 0.3) is 32.7 Å². The van der Waals surface area contributed by atoms with Crippen molar-refractivity contribution in [1.82, 2.24) is 0 Å². The van der Waals surface area contributed by atoms with Gasteiger partial charge in [0.25, 0.3) is 0 Å². The van der Waals surface area contributed by atoms with Crippen LogP contribution in [-0.4, -0.2) is 11.9 Å². The fraction of sp³-hybridized carbons (Fsp3) is 0. The van der Waals surface area contributed by atoms with Crippen molar-refractivity contribution in [1.29, 1.82) is 0 Å². The molecule has 0 saturated heterocycles. The Morgan fingerprint density at radius 3 is 0.953 bits per heavy atom. The van der Waals surface area contributed by atoms with Crippen LogP contribution in [0.2, 0.25) is 0 Å². The summed E-state index contributed by atoms with van der Waals surface area (Å²) >= 11 is 0. The van der Waals surface area contributed by atoms with Crippen molar-refractivity contribution in [2.24, 2.45) is 0 Å². The predicted octanol–water partition coefficient (Wildman–Crippen LogP) is 11.6. The lowest BCUT2D eigenvalue weighted by molar-refractivity contribution is 0.0725. The molecule has 0 aromatic heterocycles. The molecule has 0 saturated carbocycles. The highest BCUT2D eigenvalue weighted by Gasteiger charge is 2.28. The van der Waals surface area contributed by atoms with E-state index in [0.717, 1.165) is 53.4 Å². The number of rotatable bonds is 11. The van der Waals surface area contributed by atoms with Gasteiger partial charge in [-0.25, -0.2) is 9.59 Å². The van der Waals surface area contributed by atoms with Crippen LogP contribution in [0.3, 0.4) is 0 Å². The van der Waals surface area contributed by atoms with Gasteiger partial charge < -0.3 is 9.47 Å². The number of hydrogen-bond donors (Lipinski definition) is 0. The van der Waals surface area contributed by atoms with Crippen LogP contribution in [0.1, 0.15) is 20.7 Å². The minimum absolute atomic E-state index is 0.355. The second kappa shape index (κ2) is 18.5. The lowest BCUT2D eigenvalue weighted by Crippen LogP contribution is -2.27. The minimum Gasteiger partial charge on any atom is -0.422 e. The minimum atomic E-state index is -1.11. The van der Waals surface area contributed by atoms with Crippen LogP contribution >= 0.6 is 15.8 Å². The van der Waals surface area contributed by atoms with Gasteiger partial charge in [0.15, 0.2) is 0 Å². The van der Waals surface area contributed by atoms with Crippen LogP contribution in [0.4, 0.5) is 0 Å². The Hall–Kier alpha value is -7.48. The van der Waals surface area contributed by atoms with Gasteiger partial charge in [-0.2, -0.15) is 0 Å². The quantitative estimate of drug-likeness (QED) is 0.0738. The molecule has 10 rings (SSSR count). The van der Waals surface area contributed by atoms with E-state index in [2.05, 4.69) is 48.5 Å². The SMILES string of the molecule is O=C(Oc1ccc2ccccc2c1-c1c(OC(=O)c2ccccc2P(c2ccccc2)c2ccccc2)ccc2ccccc12)c1ccccc1P(c1ccccc1)c1ccccc1. The van der Waals surface area contributed by atoms with Gasteiger partial charge in [-0.05, 0) is 93.5 Å². The zero-order valence-electron chi connectivity index (χ0n) is 34.6. The first-order valence-corrected chi connectivity index (χ1v) is 23.8. The number of benzene rings is 10. The summed E-state index contributed by atoms with van der Waals surface area (Å²) in [6, 6.07) is 80.5. The molecule has 6 heteroatoms. The lowest BCUT2D eigenvalue weighted by atomic mass is 9.92. The Labute approximate surface area is 374 Å². The lowest BCUT2D eigenvalue weighted by Gasteiger charge is -2.23. The molecule has 0 aliphatic carbocycles. The van der Waals surface area contributed by atoms with Crippen LogP contribution in [0.15, 0.2) is 243 Å². The number of hydrogen-bond acceptors (Lipinski definition) is 4. The number of ether oxygens (including phenoxy) is 2. The molecule has 0 heterocycles. The third kappa shape index (κ3) is 8.14. The Balaban J connectivity index is 1.10. The maximum absolute atomic E-state index is 14.9. The molecule has 0 unspecified atom stereocenters. The first kappa shape index (κ1) is 40.6. The Morgan fingerprint density at radius 2 is 0.594 bits per heavy atom. The number of carbonyl (C=O) groups is 2. The van der Waals surface area contributed by atoms with E-state index in [1.165, 1.54) is 0 Å². The smallest absolute Gasteiger partial charge is 0.344 e. The van der Waals surface area contributed by atoms with Crippen molar-refractivity contribution in [2.75, 3.05) is 0 Å². The summed E-state index contributed by atoms with van der Waals surface area (Å²) < 4.78 is 13.3. The largest absolute Gasteiger partial charge is 0.422 e. The second-order valence-corrected chi connectivity index (χ2v) is 19.5. The third-order valence-electron chi connectivity index (χ3n) is 11.2. The number of carbonyl (C=O) groups excluding carboxylic acids is 2. The van der Waals surface area contributed by atoms with Crippen LogP contribution < -0.4 is 41.3 Å². The topological polar surface area (TPSA) is 52.6 Å². The summed E-state index contributed by atoms with van der Waals surface area (Å²) in [5.74, 6) is -0.246. The molecule has 0 atom stereocenters. The number of fused-ring (bicyclic) bond motifs is 2. The molecule has 0 fully saturated rings. The fourth-order valence-electron chi connectivity index (χ4n) is 8.34. The number of esters is 2. The first-order chi connectivity index (χ1) is 31.6. The van der Waals surface area contributed by atoms with Crippen molar-refractivity contribution < 1.29 is 19.1 Å². The standard InChI is InChI=1S/C58H40O4P2/c59-57(49-33-17-19-35-53(49)63(43-23-5-1-6-24-43)44-25-7-2-8-26-44)61-51-39-37-41-21-13-15-31-47(41)55(51)56-48-32-16-14-22-42(48)38-40-52(56)62-58(60)50-34-18-20-36-54(50)64(45-27-9-3-10-28-45)46-29-11-4-12-30-46/h1-40H. The molecule has 306 valence electrons. The fourth-order valence-corrected chi connectivity index (χ4v) is 13.2. The first-order valence-electron chi connectivity index (χ1n) is 21.1. The van der Waals surface area contributed by atoms with Gasteiger partial charge in [0.05, 0.1) is 11.1 Å². The Bertz CT molecular complexity index is 2970. The summed E-state index contributed by atoms with van der Waals surface area (Å²) in [6.45, 7) is 0. The molecule has 0 N–H and O–H groups in total. The normalized spacial score (nSPS) is 11.2. The Kier molecular flexibility index (Phi) is 11.7. The summed E-state index contributed by atoms with van der Waals surface area (Å²) in [4.78, 5) is 29.7. The molecule has 0 amide bonds. The average molecular weight is 863 g/mol. The van der Waals surface area contributed by atoms with E-state index in [1.54, 1.807) is 0 Å². The van der Waals surface area contributed by atoms with Crippen molar-refractivity contribution in [2.45, 2.75) is 0 Å². The predicted molar refractivity (Wildman–Crippen MR) is 267 cm³/mol.